The minimum atomic E-state index is 0.316. The average molecular weight is 241 g/mol. The summed E-state index contributed by atoms with van der Waals surface area (Å²) in [5, 5.41) is 15.2. The molecule has 0 aliphatic carbocycles. The lowest BCUT2D eigenvalue weighted by Gasteiger charge is -2.22. The van der Waals surface area contributed by atoms with Crippen molar-refractivity contribution in [3.05, 3.63) is 5.82 Å². The number of tetrazole rings is 1. The molecule has 16 heavy (non-hydrogen) atoms. The maximum atomic E-state index is 4.08. The van der Waals surface area contributed by atoms with E-state index in [1.165, 1.54) is 18.6 Å². The second-order valence-electron chi connectivity index (χ2n) is 4.44. The molecular formula is C10H19N5S. The van der Waals surface area contributed by atoms with Crippen LogP contribution in [0.4, 0.5) is 0 Å². The SMILES string of the molecule is CCNCc1nnnn1CC1(C)CCCS1. The van der Waals surface area contributed by atoms with Gasteiger partial charge in [-0.05, 0) is 42.5 Å². The lowest BCUT2D eigenvalue weighted by Crippen LogP contribution is -2.27. The molecule has 2 rings (SSSR count). The van der Waals surface area contributed by atoms with Crippen molar-refractivity contribution in [2.45, 2.75) is 44.5 Å². The third-order valence-electron chi connectivity index (χ3n) is 2.92. The molecule has 1 aromatic rings. The molecule has 1 aliphatic rings. The highest BCUT2D eigenvalue weighted by atomic mass is 32.2. The molecule has 0 radical (unpaired) electrons. The summed E-state index contributed by atoms with van der Waals surface area (Å²) >= 11 is 2.04. The van der Waals surface area contributed by atoms with E-state index >= 15 is 0 Å². The molecule has 5 nitrogen and oxygen atoms in total. The molecule has 1 aromatic heterocycles. The highest BCUT2D eigenvalue weighted by Gasteiger charge is 2.31. The van der Waals surface area contributed by atoms with Crippen molar-refractivity contribution in [2.75, 3.05) is 12.3 Å². The predicted molar refractivity (Wildman–Crippen MR) is 65.3 cm³/mol. The second-order valence-corrected chi connectivity index (χ2v) is 6.12. The first-order valence-corrected chi connectivity index (χ1v) is 6.82. The van der Waals surface area contributed by atoms with Gasteiger partial charge in [0.15, 0.2) is 5.82 Å². The first-order chi connectivity index (χ1) is 7.73. The van der Waals surface area contributed by atoms with Gasteiger partial charge in [-0.25, -0.2) is 4.68 Å². The van der Waals surface area contributed by atoms with Gasteiger partial charge in [0, 0.05) is 4.75 Å². The second kappa shape index (κ2) is 5.14. The van der Waals surface area contributed by atoms with Crippen molar-refractivity contribution in [1.29, 1.82) is 0 Å². The van der Waals surface area contributed by atoms with E-state index in [1.54, 1.807) is 0 Å². The molecule has 1 saturated heterocycles. The van der Waals surface area contributed by atoms with Crippen LogP contribution in [0.25, 0.3) is 0 Å². The van der Waals surface area contributed by atoms with E-state index in [-0.39, 0.29) is 0 Å². The molecule has 0 bridgehead atoms. The number of thioether (sulfide) groups is 1. The zero-order chi connectivity index (χ0) is 11.4. The number of aromatic nitrogens is 4. The number of rotatable bonds is 5. The Labute approximate surface area is 100 Å². The third-order valence-corrected chi connectivity index (χ3v) is 4.45. The highest BCUT2D eigenvalue weighted by molar-refractivity contribution is 8.00. The van der Waals surface area contributed by atoms with Crippen LogP contribution >= 0.6 is 11.8 Å². The molecule has 1 unspecified atom stereocenters. The Hall–Kier alpha value is -0.620. The van der Waals surface area contributed by atoms with Gasteiger partial charge in [-0.1, -0.05) is 6.92 Å². The summed E-state index contributed by atoms with van der Waals surface area (Å²) in [5.74, 6) is 2.21. The Morgan fingerprint density at radius 1 is 1.56 bits per heavy atom. The Balaban J connectivity index is 2.00. The Bertz CT molecular complexity index is 332. The van der Waals surface area contributed by atoms with Crippen LogP contribution < -0.4 is 5.32 Å². The summed E-state index contributed by atoms with van der Waals surface area (Å²) in [6, 6.07) is 0. The zero-order valence-electron chi connectivity index (χ0n) is 9.94. The minimum absolute atomic E-state index is 0.316. The Morgan fingerprint density at radius 2 is 2.44 bits per heavy atom. The molecular weight excluding hydrogens is 222 g/mol. The maximum Gasteiger partial charge on any atom is 0.165 e. The van der Waals surface area contributed by atoms with Crippen molar-refractivity contribution in [3.8, 4) is 0 Å². The Kier molecular flexibility index (Phi) is 3.81. The smallest absolute Gasteiger partial charge is 0.165 e. The monoisotopic (exact) mass is 241 g/mol. The topological polar surface area (TPSA) is 55.6 Å². The number of hydrogen-bond acceptors (Lipinski definition) is 5. The van der Waals surface area contributed by atoms with Gasteiger partial charge in [-0.3, -0.25) is 0 Å². The van der Waals surface area contributed by atoms with Crippen LogP contribution in [0.5, 0.6) is 0 Å². The van der Waals surface area contributed by atoms with Gasteiger partial charge >= 0.3 is 0 Å². The maximum absolute atomic E-state index is 4.08. The highest BCUT2D eigenvalue weighted by Crippen LogP contribution is 2.38. The summed E-state index contributed by atoms with van der Waals surface area (Å²) in [4.78, 5) is 0. The van der Waals surface area contributed by atoms with E-state index in [0.717, 1.165) is 25.5 Å². The van der Waals surface area contributed by atoms with Crippen molar-refractivity contribution >= 4 is 11.8 Å². The van der Waals surface area contributed by atoms with Crippen molar-refractivity contribution < 1.29 is 0 Å². The molecule has 2 heterocycles. The van der Waals surface area contributed by atoms with Crippen molar-refractivity contribution in [2.24, 2.45) is 0 Å². The first kappa shape index (κ1) is 11.9. The van der Waals surface area contributed by atoms with E-state index < -0.39 is 0 Å². The van der Waals surface area contributed by atoms with Crippen LogP contribution in [-0.2, 0) is 13.1 Å². The normalized spacial score (nSPS) is 25.1. The molecule has 0 amide bonds. The molecule has 1 aliphatic heterocycles. The van der Waals surface area contributed by atoms with Gasteiger partial charge in [-0.15, -0.1) is 5.10 Å². The van der Waals surface area contributed by atoms with Gasteiger partial charge in [0.1, 0.15) is 0 Å². The van der Waals surface area contributed by atoms with Crippen LogP contribution in [0.3, 0.4) is 0 Å². The standard InChI is InChI=1S/C10H19N5S/c1-3-11-7-9-12-13-14-15(9)8-10(2)5-4-6-16-10/h11H,3-8H2,1-2H3. The first-order valence-electron chi connectivity index (χ1n) is 5.83. The summed E-state index contributed by atoms with van der Waals surface area (Å²) in [6.07, 6.45) is 2.57. The molecule has 1 N–H and O–H groups in total. The van der Waals surface area contributed by atoms with Crippen LogP contribution in [-0.4, -0.2) is 37.3 Å². The molecule has 1 fully saturated rings. The van der Waals surface area contributed by atoms with Gasteiger partial charge in [0.05, 0.1) is 13.1 Å². The zero-order valence-corrected chi connectivity index (χ0v) is 10.8. The van der Waals surface area contributed by atoms with Gasteiger partial charge in [-0.2, -0.15) is 11.8 Å². The number of nitrogens with one attached hydrogen (secondary N) is 1. The largest absolute Gasteiger partial charge is 0.310 e. The lowest BCUT2D eigenvalue weighted by molar-refractivity contribution is 0.449. The fourth-order valence-corrected chi connectivity index (χ4v) is 3.27. The predicted octanol–water partition coefficient (Wildman–Crippen LogP) is 1.07. The van der Waals surface area contributed by atoms with Crippen molar-refractivity contribution in [1.82, 2.24) is 25.5 Å². The van der Waals surface area contributed by atoms with E-state index in [1.807, 2.05) is 16.4 Å². The van der Waals surface area contributed by atoms with E-state index in [9.17, 15) is 0 Å². The third kappa shape index (κ3) is 2.74. The fraction of sp³-hybridized carbons (Fsp3) is 0.900. The van der Waals surface area contributed by atoms with Gasteiger partial charge in [0.2, 0.25) is 0 Å². The Morgan fingerprint density at radius 3 is 3.12 bits per heavy atom. The van der Waals surface area contributed by atoms with Crippen LogP contribution in [0.1, 0.15) is 32.5 Å². The van der Waals surface area contributed by atoms with Crippen LogP contribution in [0, 0.1) is 0 Å². The van der Waals surface area contributed by atoms with Crippen LogP contribution in [0.2, 0.25) is 0 Å². The molecule has 0 aromatic carbocycles. The van der Waals surface area contributed by atoms with E-state index in [0.29, 0.717) is 4.75 Å². The molecule has 6 heteroatoms. The molecule has 90 valence electrons. The summed E-state index contributed by atoms with van der Waals surface area (Å²) in [6.45, 7) is 7.01. The molecule has 0 saturated carbocycles. The van der Waals surface area contributed by atoms with Crippen LogP contribution in [0.15, 0.2) is 0 Å². The minimum Gasteiger partial charge on any atom is -0.310 e. The summed E-state index contributed by atoms with van der Waals surface area (Å²) < 4.78 is 2.26. The van der Waals surface area contributed by atoms with Crippen molar-refractivity contribution in [3.63, 3.8) is 0 Å². The van der Waals surface area contributed by atoms with E-state index in [4.69, 9.17) is 0 Å². The summed E-state index contributed by atoms with van der Waals surface area (Å²) in [7, 11) is 0. The fourth-order valence-electron chi connectivity index (χ4n) is 1.99. The molecule has 0 spiro atoms. The van der Waals surface area contributed by atoms with Gasteiger partial charge in [0.25, 0.3) is 0 Å². The summed E-state index contributed by atoms with van der Waals surface area (Å²) in [5.41, 5.74) is 0. The number of hydrogen-bond donors (Lipinski definition) is 1. The van der Waals surface area contributed by atoms with E-state index in [2.05, 4.69) is 34.7 Å². The quantitative estimate of drug-likeness (QED) is 0.835. The lowest BCUT2D eigenvalue weighted by atomic mass is 10.1. The molecule has 1 atom stereocenters. The number of nitrogens with zero attached hydrogens (tertiary/aromatic N) is 4. The average Bonchev–Trinajstić information content (AvgIpc) is 2.86. The van der Waals surface area contributed by atoms with Gasteiger partial charge < -0.3 is 5.32 Å².